The molecule has 2 N–H and O–H groups in total. The molecule has 3 heterocycles. The van der Waals surface area contributed by atoms with E-state index in [1.165, 1.54) is 33.8 Å². The summed E-state index contributed by atoms with van der Waals surface area (Å²) in [6, 6.07) is 4.12. The molecule has 1 aliphatic heterocycles. The van der Waals surface area contributed by atoms with Gasteiger partial charge in [-0.3, -0.25) is 0 Å². The van der Waals surface area contributed by atoms with Gasteiger partial charge in [0.2, 0.25) is 5.88 Å². The lowest BCUT2D eigenvalue weighted by atomic mass is 10.1. The van der Waals surface area contributed by atoms with Gasteiger partial charge in [-0.15, -0.1) is 11.3 Å². The van der Waals surface area contributed by atoms with Gasteiger partial charge < -0.3 is 10.5 Å². The van der Waals surface area contributed by atoms with Crippen LogP contribution in [0.15, 0.2) is 18.5 Å². The fourth-order valence-corrected chi connectivity index (χ4v) is 4.66. The van der Waals surface area contributed by atoms with E-state index in [-0.39, 0.29) is 6.04 Å². The van der Waals surface area contributed by atoms with Crippen LogP contribution in [0.1, 0.15) is 27.1 Å². The van der Waals surface area contributed by atoms with Crippen LogP contribution in [-0.4, -0.2) is 22.8 Å². The zero-order chi connectivity index (χ0) is 13.9. The van der Waals surface area contributed by atoms with Crippen LogP contribution in [0.4, 0.5) is 0 Å². The summed E-state index contributed by atoms with van der Waals surface area (Å²) in [5.74, 6) is 2.94. The SMILES string of the molecule is COc1cc(CC(N)c2cc3c(s2)CCSC3)ncn1. The molecule has 0 amide bonds. The Labute approximate surface area is 126 Å². The van der Waals surface area contributed by atoms with E-state index in [9.17, 15) is 0 Å². The molecule has 0 fully saturated rings. The Morgan fingerprint density at radius 1 is 1.40 bits per heavy atom. The highest BCUT2D eigenvalue weighted by Gasteiger charge is 2.18. The molecule has 0 aliphatic carbocycles. The largest absolute Gasteiger partial charge is 0.481 e. The van der Waals surface area contributed by atoms with E-state index in [0.29, 0.717) is 12.3 Å². The molecule has 0 saturated heterocycles. The van der Waals surface area contributed by atoms with Crippen molar-refractivity contribution in [1.82, 2.24) is 9.97 Å². The molecule has 106 valence electrons. The van der Waals surface area contributed by atoms with Gasteiger partial charge in [-0.1, -0.05) is 0 Å². The molecule has 2 aromatic heterocycles. The van der Waals surface area contributed by atoms with Crippen molar-refractivity contribution < 1.29 is 4.74 Å². The van der Waals surface area contributed by atoms with Crippen LogP contribution in [0, 0.1) is 0 Å². The Bertz CT molecular complexity index is 576. The van der Waals surface area contributed by atoms with Crippen molar-refractivity contribution >= 4 is 23.1 Å². The average molecular weight is 307 g/mol. The highest BCUT2D eigenvalue weighted by Crippen LogP contribution is 2.34. The highest BCUT2D eigenvalue weighted by atomic mass is 32.2. The molecule has 3 rings (SSSR count). The van der Waals surface area contributed by atoms with E-state index in [1.807, 2.05) is 29.2 Å². The molecule has 0 spiro atoms. The highest BCUT2D eigenvalue weighted by molar-refractivity contribution is 7.98. The van der Waals surface area contributed by atoms with Crippen LogP contribution in [0.3, 0.4) is 0 Å². The molecule has 0 aromatic carbocycles. The standard InChI is InChI=1S/C14H17N3OS2/c1-18-14-6-10(16-8-17-14)5-11(15)13-4-9-7-19-3-2-12(9)20-13/h4,6,8,11H,2-3,5,7,15H2,1H3. The van der Waals surface area contributed by atoms with E-state index < -0.39 is 0 Å². The smallest absolute Gasteiger partial charge is 0.216 e. The number of ether oxygens (including phenoxy) is 1. The van der Waals surface area contributed by atoms with Crippen molar-refractivity contribution in [3.8, 4) is 5.88 Å². The first-order chi connectivity index (χ1) is 9.76. The fraction of sp³-hybridized carbons (Fsp3) is 0.429. The van der Waals surface area contributed by atoms with E-state index in [0.717, 1.165) is 11.4 Å². The summed E-state index contributed by atoms with van der Waals surface area (Å²) in [5.41, 5.74) is 8.72. The molecular weight excluding hydrogens is 290 g/mol. The monoisotopic (exact) mass is 307 g/mol. The summed E-state index contributed by atoms with van der Waals surface area (Å²) in [6.45, 7) is 0. The van der Waals surface area contributed by atoms with Crippen LogP contribution in [-0.2, 0) is 18.6 Å². The number of thioether (sulfide) groups is 1. The van der Waals surface area contributed by atoms with Gasteiger partial charge in [-0.25, -0.2) is 9.97 Å². The summed E-state index contributed by atoms with van der Waals surface area (Å²) < 4.78 is 5.12. The Hall–Kier alpha value is -1.11. The number of aryl methyl sites for hydroxylation is 1. The third-order valence-corrected chi connectivity index (χ3v) is 5.73. The molecular formula is C14H17N3OS2. The normalized spacial score (nSPS) is 15.7. The van der Waals surface area contributed by atoms with Crippen LogP contribution in [0.25, 0.3) is 0 Å². The van der Waals surface area contributed by atoms with Crippen molar-refractivity contribution in [2.24, 2.45) is 5.73 Å². The molecule has 2 aromatic rings. The molecule has 4 nitrogen and oxygen atoms in total. The first-order valence-electron chi connectivity index (χ1n) is 6.56. The Kier molecular flexibility index (Phi) is 4.24. The summed E-state index contributed by atoms with van der Waals surface area (Å²) in [5, 5.41) is 0. The predicted octanol–water partition coefficient (Wildman–Crippen LogP) is 2.58. The number of thiophene rings is 1. The lowest BCUT2D eigenvalue weighted by molar-refractivity contribution is 0.395. The maximum Gasteiger partial charge on any atom is 0.216 e. The third-order valence-electron chi connectivity index (χ3n) is 3.35. The van der Waals surface area contributed by atoms with Gasteiger partial charge in [0.25, 0.3) is 0 Å². The van der Waals surface area contributed by atoms with Gasteiger partial charge in [0, 0.05) is 39.7 Å². The maximum atomic E-state index is 6.33. The maximum absolute atomic E-state index is 6.33. The van der Waals surface area contributed by atoms with E-state index >= 15 is 0 Å². The number of hydrogen-bond donors (Lipinski definition) is 1. The summed E-state index contributed by atoms with van der Waals surface area (Å²) in [4.78, 5) is 11.0. The number of fused-ring (bicyclic) bond motifs is 1. The van der Waals surface area contributed by atoms with Gasteiger partial charge in [0.15, 0.2) is 0 Å². The molecule has 20 heavy (non-hydrogen) atoms. The van der Waals surface area contributed by atoms with Gasteiger partial charge in [-0.05, 0) is 23.8 Å². The second-order valence-electron chi connectivity index (χ2n) is 4.76. The zero-order valence-electron chi connectivity index (χ0n) is 11.3. The van der Waals surface area contributed by atoms with Gasteiger partial charge in [0.05, 0.1) is 7.11 Å². The molecule has 0 radical (unpaired) electrons. The summed E-state index contributed by atoms with van der Waals surface area (Å²) >= 11 is 3.86. The summed E-state index contributed by atoms with van der Waals surface area (Å²) in [7, 11) is 1.61. The van der Waals surface area contributed by atoms with Crippen molar-refractivity contribution in [2.75, 3.05) is 12.9 Å². The number of rotatable bonds is 4. The van der Waals surface area contributed by atoms with Crippen LogP contribution < -0.4 is 10.5 Å². The minimum Gasteiger partial charge on any atom is -0.481 e. The molecule has 0 bridgehead atoms. The Morgan fingerprint density at radius 3 is 3.10 bits per heavy atom. The topological polar surface area (TPSA) is 61.0 Å². The lowest BCUT2D eigenvalue weighted by Gasteiger charge is -2.09. The second-order valence-corrected chi connectivity index (χ2v) is 7.04. The first kappa shape index (κ1) is 13.9. The van der Waals surface area contributed by atoms with E-state index in [1.54, 1.807) is 7.11 Å². The molecule has 1 unspecified atom stereocenters. The average Bonchev–Trinajstić information content (AvgIpc) is 2.91. The second kappa shape index (κ2) is 6.11. The summed E-state index contributed by atoms with van der Waals surface area (Å²) in [6.07, 6.45) is 3.42. The van der Waals surface area contributed by atoms with Crippen molar-refractivity contribution in [1.29, 1.82) is 0 Å². The van der Waals surface area contributed by atoms with Gasteiger partial charge >= 0.3 is 0 Å². The number of nitrogens with zero attached hydrogens (tertiary/aromatic N) is 2. The Morgan fingerprint density at radius 2 is 2.30 bits per heavy atom. The first-order valence-corrected chi connectivity index (χ1v) is 8.53. The van der Waals surface area contributed by atoms with Crippen molar-refractivity contribution in [3.63, 3.8) is 0 Å². The van der Waals surface area contributed by atoms with Crippen LogP contribution in [0.2, 0.25) is 0 Å². The molecule has 0 saturated carbocycles. The minimum absolute atomic E-state index is 0.00444. The van der Waals surface area contributed by atoms with Gasteiger partial charge in [-0.2, -0.15) is 11.8 Å². The van der Waals surface area contributed by atoms with Gasteiger partial charge in [0.1, 0.15) is 6.33 Å². The third kappa shape index (κ3) is 2.97. The van der Waals surface area contributed by atoms with E-state index in [4.69, 9.17) is 10.5 Å². The minimum atomic E-state index is -0.00444. The Balaban J connectivity index is 1.75. The van der Waals surface area contributed by atoms with Crippen LogP contribution >= 0.6 is 23.1 Å². The molecule has 1 aliphatic rings. The molecule has 6 heteroatoms. The quantitative estimate of drug-likeness (QED) is 0.940. The number of nitrogens with two attached hydrogens (primary N) is 1. The van der Waals surface area contributed by atoms with Crippen LogP contribution in [0.5, 0.6) is 5.88 Å². The number of hydrogen-bond acceptors (Lipinski definition) is 6. The number of methoxy groups -OCH3 is 1. The van der Waals surface area contributed by atoms with E-state index in [2.05, 4.69) is 16.0 Å². The fourth-order valence-electron chi connectivity index (χ4n) is 2.28. The number of aromatic nitrogens is 2. The van der Waals surface area contributed by atoms with Crippen molar-refractivity contribution in [2.45, 2.75) is 24.6 Å². The zero-order valence-corrected chi connectivity index (χ0v) is 13.0. The lowest BCUT2D eigenvalue weighted by Crippen LogP contribution is -2.13. The van der Waals surface area contributed by atoms with Crippen molar-refractivity contribution in [3.05, 3.63) is 39.5 Å². The molecule has 1 atom stereocenters. The predicted molar refractivity (Wildman–Crippen MR) is 83.4 cm³/mol.